The van der Waals surface area contributed by atoms with Gasteiger partial charge in [-0.1, -0.05) is 0 Å². The summed E-state index contributed by atoms with van der Waals surface area (Å²) in [7, 11) is 0. The van der Waals surface area contributed by atoms with Crippen molar-refractivity contribution < 1.29 is 0 Å². The molecule has 0 saturated heterocycles. The Morgan fingerprint density at radius 3 is 1.93 bits per heavy atom. The summed E-state index contributed by atoms with van der Waals surface area (Å²) in [4.78, 5) is 22.4. The summed E-state index contributed by atoms with van der Waals surface area (Å²) in [6.45, 7) is 0. The van der Waals surface area contributed by atoms with E-state index >= 15 is 0 Å². The number of aromatic nitrogens is 2. The molecular weight excluding hydrogens is 602 g/mol. The van der Waals surface area contributed by atoms with E-state index in [4.69, 9.17) is 4.98 Å². The zero-order chi connectivity index (χ0) is 19.4. The average molecular weight is 626 g/mol. The van der Waals surface area contributed by atoms with Crippen molar-refractivity contribution in [3.8, 4) is 21.0 Å². The molecule has 0 aliphatic heterocycles. The van der Waals surface area contributed by atoms with Gasteiger partial charge in [0.1, 0.15) is 0 Å². The van der Waals surface area contributed by atoms with Gasteiger partial charge in [-0.25, -0.2) is 0 Å². The van der Waals surface area contributed by atoms with Gasteiger partial charge in [0, 0.05) is 0 Å². The molecule has 0 fully saturated rings. The third-order valence-corrected chi connectivity index (χ3v) is 26.6. The Hall–Kier alpha value is 0.0374. The van der Waals surface area contributed by atoms with Crippen LogP contribution < -0.4 is 5.79 Å². The molecule has 27 heavy (non-hydrogen) atoms. The van der Waals surface area contributed by atoms with Crippen molar-refractivity contribution >= 4 is 86.8 Å². The van der Waals surface area contributed by atoms with Crippen molar-refractivity contribution in [1.82, 2.24) is 9.36 Å². The first-order valence-corrected chi connectivity index (χ1v) is 31.5. The fourth-order valence-electron chi connectivity index (χ4n) is 2.99. The second-order valence-corrected chi connectivity index (χ2v) is 42.7. The molecule has 0 N–H and O–H groups in total. The number of hydrogen-bond acceptors (Lipinski definition) is 5. The van der Waals surface area contributed by atoms with Gasteiger partial charge in [0.15, 0.2) is 0 Å². The van der Waals surface area contributed by atoms with Crippen LogP contribution in [-0.2, 0) is 0 Å². The topological polar surface area (TPSA) is 25.8 Å². The second-order valence-electron chi connectivity index (χ2n) is 8.92. The molecule has 0 bridgehead atoms. The fraction of sp³-hybridized carbons (Fsp3) is 0.300. The summed E-state index contributed by atoms with van der Waals surface area (Å²) >= 11 is 1.44. The maximum atomic E-state index is 4.92. The second kappa shape index (κ2) is 7.38. The molecule has 4 aromatic rings. The molecule has 2 nitrogen and oxygen atoms in total. The Balaban J connectivity index is 1.82. The van der Waals surface area contributed by atoms with Crippen LogP contribution in [0.3, 0.4) is 0 Å². The van der Waals surface area contributed by atoms with Gasteiger partial charge in [-0.2, -0.15) is 0 Å². The van der Waals surface area contributed by atoms with Crippen molar-refractivity contribution in [3.63, 3.8) is 0 Å². The standard InChI is InChI=1S/C14H6N2S3.6CH3.2Sn/c1-3-11(17-5-1)9-7-15-13(12-4-2-6-18-12)10-8-16-19-14(9)10;;;;;;;;/h1-4,7-8H;6*1H3;;. The van der Waals surface area contributed by atoms with Crippen LogP contribution in [0.25, 0.3) is 31.1 Å². The van der Waals surface area contributed by atoms with Gasteiger partial charge in [-0.3, -0.25) is 0 Å². The summed E-state index contributed by atoms with van der Waals surface area (Å²) < 4.78 is 9.00. The molecule has 0 spiro atoms. The number of hydrogen-bond donors (Lipinski definition) is 0. The van der Waals surface area contributed by atoms with Crippen molar-refractivity contribution in [2.24, 2.45) is 0 Å². The van der Waals surface area contributed by atoms with Gasteiger partial charge in [0.05, 0.1) is 0 Å². The van der Waals surface area contributed by atoms with Crippen LogP contribution >= 0.6 is 34.2 Å². The number of fused-ring (bicyclic) bond motifs is 1. The Morgan fingerprint density at radius 2 is 1.33 bits per heavy atom. The predicted molar refractivity (Wildman–Crippen MR) is 130 cm³/mol. The molecule has 0 unspecified atom stereocenters. The van der Waals surface area contributed by atoms with Crippen molar-refractivity contribution in [2.75, 3.05) is 0 Å². The van der Waals surface area contributed by atoms with E-state index < -0.39 is 36.8 Å². The van der Waals surface area contributed by atoms with Gasteiger partial charge in [0.25, 0.3) is 0 Å². The maximum absolute atomic E-state index is 4.92. The number of rotatable bonds is 4. The van der Waals surface area contributed by atoms with Crippen LogP contribution in [0.15, 0.2) is 36.7 Å². The monoisotopic (exact) mass is 628 g/mol. The van der Waals surface area contributed by atoms with Gasteiger partial charge < -0.3 is 0 Å². The summed E-state index contributed by atoms with van der Waals surface area (Å²) in [6.07, 6.45) is 4.08. The molecule has 0 aliphatic carbocycles. The molecule has 0 aliphatic rings. The normalized spacial score (nSPS) is 12.8. The molecule has 7 heteroatoms. The van der Waals surface area contributed by atoms with E-state index in [2.05, 4.69) is 64.5 Å². The fourth-order valence-corrected chi connectivity index (χ4v) is 16.4. The Kier molecular flexibility index (Phi) is 5.55. The Bertz CT molecular complexity index is 1020. The summed E-state index contributed by atoms with van der Waals surface area (Å²) in [5.74, 6) is 0. The molecule has 0 atom stereocenters. The third kappa shape index (κ3) is 4.04. The van der Waals surface area contributed by atoms with Crippen LogP contribution in [0, 0.1) is 0 Å². The first kappa shape index (κ1) is 20.3. The van der Waals surface area contributed by atoms with Gasteiger partial charge in [-0.05, 0) is 0 Å². The summed E-state index contributed by atoms with van der Waals surface area (Å²) in [6, 6.07) is 9.23. The first-order valence-electron chi connectivity index (χ1n) is 9.09. The van der Waals surface area contributed by atoms with Crippen molar-refractivity contribution in [3.05, 3.63) is 36.7 Å². The van der Waals surface area contributed by atoms with E-state index in [-0.39, 0.29) is 0 Å². The van der Waals surface area contributed by atoms with Crippen LogP contribution in [-0.4, -0.2) is 46.1 Å². The zero-order valence-corrected chi connectivity index (χ0v) is 24.7. The predicted octanol–water partition coefficient (Wildman–Crippen LogP) is 6.24. The van der Waals surface area contributed by atoms with Gasteiger partial charge >= 0.3 is 183 Å². The Morgan fingerprint density at radius 1 is 0.741 bits per heavy atom. The number of thiophene rings is 2. The molecule has 4 heterocycles. The van der Waals surface area contributed by atoms with Crippen LogP contribution in [0.1, 0.15) is 0 Å². The minimum atomic E-state index is -2.04. The average Bonchev–Trinajstić information content (AvgIpc) is 3.31. The zero-order valence-electron chi connectivity index (χ0n) is 16.6. The van der Waals surface area contributed by atoms with E-state index in [0.29, 0.717) is 0 Å². The van der Waals surface area contributed by atoms with E-state index in [1.807, 2.05) is 28.9 Å². The number of nitrogens with zero attached hydrogens (tertiary/aromatic N) is 2. The molecule has 4 aromatic heterocycles. The molecule has 140 valence electrons. The van der Waals surface area contributed by atoms with Crippen LogP contribution in [0.5, 0.6) is 0 Å². The van der Waals surface area contributed by atoms with Gasteiger partial charge in [0.2, 0.25) is 0 Å². The minimum absolute atomic E-state index is 1.10. The summed E-state index contributed by atoms with van der Waals surface area (Å²) in [5.41, 5.74) is 2.34. The van der Waals surface area contributed by atoms with E-state index in [9.17, 15) is 0 Å². The number of pyridine rings is 1. The van der Waals surface area contributed by atoms with E-state index in [1.165, 1.54) is 25.4 Å². The molecule has 0 radical (unpaired) electrons. The quantitative estimate of drug-likeness (QED) is 0.251. The molecule has 0 saturated carbocycles. The molecule has 0 amide bonds. The molecule has 4 rings (SSSR count). The van der Waals surface area contributed by atoms with Crippen molar-refractivity contribution in [2.45, 2.75) is 29.6 Å². The molecule has 0 aromatic carbocycles. The van der Waals surface area contributed by atoms with E-state index in [0.717, 1.165) is 5.69 Å². The van der Waals surface area contributed by atoms with Crippen molar-refractivity contribution in [1.29, 1.82) is 0 Å². The Labute approximate surface area is 181 Å². The molecular formula is C20H24N2S3Sn2. The first-order chi connectivity index (χ1) is 12.6. The van der Waals surface area contributed by atoms with Crippen LogP contribution in [0.2, 0.25) is 29.6 Å². The third-order valence-electron chi connectivity index (χ3n) is 4.58. The summed E-state index contributed by atoms with van der Waals surface area (Å²) in [5, 5.41) is 1.20. The van der Waals surface area contributed by atoms with E-state index in [1.54, 1.807) is 17.3 Å². The van der Waals surface area contributed by atoms with Crippen LogP contribution in [0.4, 0.5) is 0 Å². The SMILES string of the molecule is [CH3][Sn]([CH3])([CH3])[c]1ccc(-c2ncc(-c3cc[c]([Sn]([CH3])([CH3])[CH3])s3)c3sncc23)s1. The van der Waals surface area contributed by atoms with Gasteiger partial charge in [-0.15, -0.1) is 0 Å².